The molecule has 0 heterocycles. The molecule has 0 aliphatic carbocycles. The number of methoxy groups -OCH3 is 2. The van der Waals surface area contributed by atoms with Gasteiger partial charge in [-0.25, -0.2) is 0 Å². The van der Waals surface area contributed by atoms with Crippen molar-refractivity contribution >= 4 is 21.9 Å². The number of halogens is 1. The molecule has 0 saturated heterocycles. The van der Waals surface area contributed by atoms with Crippen molar-refractivity contribution in [2.24, 2.45) is 5.73 Å². The Kier molecular flexibility index (Phi) is 4.76. The molecule has 0 radical (unpaired) electrons. The SMILES string of the molecule is COC(=O)C(CN)c1cccc(OC)c1Br. The summed E-state index contributed by atoms with van der Waals surface area (Å²) in [6, 6.07) is 5.43. The zero-order valence-electron chi connectivity index (χ0n) is 9.20. The first kappa shape index (κ1) is 13.0. The fourth-order valence-corrected chi connectivity index (χ4v) is 2.15. The van der Waals surface area contributed by atoms with Gasteiger partial charge in [0, 0.05) is 6.54 Å². The molecule has 16 heavy (non-hydrogen) atoms. The van der Waals surface area contributed by atoms with Gasteiger partial charge in [0.15, 0.2) is 0 Å². The molecule has 0 saturated carbocycles. The maximum absolute atomic E-state index is 11.5. The highest BCUT2D eigenvalue weighted by Gasteiger charge is 2.23. The van der Waals surface area contributed by atoms with Crippen LogP contribution in [0, 0.1) is 0 Å². The van der Waals surface area contributed by atoms with Gasteiger partial charge in [0.2, 0.25) is 0 Å². The standard InChI is InChI=1S/C11H14BrNO3/c1-15-9-5-3-4-7(10(9)12)8(6-13)11(14)16-2/h3-5,8H,6,13H2,1-2H3. The van der Waals surface area contributed by atoms with E-state index in [4.69, 9.17) is 15.2 Å². The average Bonchev–Trinajstić information content (AvgIpc) is 2.31. The third-order valence-electron chi connectivity index (χ3n) is 2.31. The molecule has 0 bridgehead atoms. The number of nitrogens with two attached hydrogens (primary N) is 1. The van der Waals surface area contributed by atoms with E-state index in [2.05, 4.69) is 15.9 Å². The number of benzene rings is 1. The first-order valence-electron chi connectivity index (χ1n) is 4.76. The lowest BCUT2D eigenvalue weighted by Crippen LogP contribution is -2.23. The molecule has 0 aliphatic heterocycles. The van der Waals surface area contributed by atoms with E-state index in [0.29, 0.717) is 5.75 Å². The smallest absolute Gasteiger partial charge is 0.314 e. The van der Waals surface area contributed by atoms with E-state index in [1.54, 1.807) is 13.2 Å². The lowest BCUT2D eigenvalue weighted by atomic mass is 9.99. The second-order valence-electron chi connectivity index (χ2n) is 3.17. The highest BCUT2D eigenvalue weighted by Crippen LogP contribution is 2.33. The Labute approximate surface area is 103 Å². The molecule has 1 atom stereocenters. The van der Waals surface area contributed by atoms with Crippen LogP contribution in [-0.2, 0) is 9.53 Å². The Hall–Kier alpha value is -1.07. The van der Waals surface area contributed by atoms with Gasteiger partial charge in [-0.2, -0.15) is 0 Å². The van der Waals surface area contributed by atoms with Gasteiger partial charge >= 0.3 is 5.97 Å². The molecule has 0 aliphatic rings. The van der Waals surface area contributed by atoms with Gasteiger partial charge in [0.25, 0.3) is 0 Å². The van der Waals surface area contributed by atoms with Gasteiger partial charge < -0.3 is 15.2 Å². The molecule has 0 aromatic heterocycles. The van der Waals surface area contributed by atoms with Crippen LogP contribution in [-0.4, -0.2) is 26.7 Å². The molecule has 1 aromatic carbocycles. The summed E-state index contributed by atoms with van der Waals surface area (Å²) in [5.74, 6) is -0.161. The molecular weight excluding hydrogens is 274 g/mol. The number of hydrogen-bond donors (Lipinski definition) is 1. The summed E-state index contributed by atoms with van der Waals surface area (Å²) in [6.45, 7) is 0.193. The van der Waals surface area contributed by atoms with Crippen molar-refractivity contribution in [3.8, 4) is 5.75 Å². The van der Waals surface area contributed by atoms with Gasteiger partial charge in [0.1, 0.15) is 5.75 Å². The monoisotopic (exact) mass is 287 g/mol. The van der Waals surface area contributed by atoms with Crippen LogP contribution in [0.25, 0.3) is 0 Å². The van der Waals surface area contributed by atoms with E-state index in [0.717, 1.165) is 10.0 Å². The quantitative estimate of drug-likeness (QED) is 0.856. The molecule has 0 fully saturated rings. The van der Waals surface area contributed by atoms with Crippen LogP contribution in [0.5, 0.6) is 5.75 Å². The maximum Gasteiger partial charge on any atom is 0.314 e. The number of carbonyl (C=O) groups is 1. The molecule has 0 spiro atoms. The number of ether oxygens (including phenoxy) is 2. The van der Waals surface area contributed by atoms with Crippen LogP contribution >= 0.6 is 15.9 Å². The minimum atomic E-state index is -0.477. The Bertz CT molecular complexity index is 381. The van der Waals surface area contributed by atoms with Crippen molar-refractivity contribution < 1.29 is 14.3 Å². The Morgan fingerprint density at radius 1 is 1.50 bits per heavy atom. The molecule has 5 heteroatoms. The summed E-state index contributed by atoms with van der Waals surface area (Å²) in [7, 11) is 2.92. The first-order valence-corrected chi connectivity index (χ1v) is 5.55. The third kappa shape index (κ3) is 2.54. The lowest BCUT2D eigenvalue weighted by Gasteiger charge is -2.15. The van der Waals surface area contributed by atoms with Crippen molar-refractivity contribution in [3.63, 3.8) is 0 Å². The summed E-state index contributed by atoms with van der Waals surface area (Å²) in [6.07, 6.45) is 0. The molecule has 88 valence electrons. The molecule has 0 amide bonds. The molecule has 1 aromatic rings. The van der Waals surface area contributed by atoms with Gasteiger partial charge in [-0.05, 0) is 27.6 Å². The van der Waals surface area contributed by atoms with Gasteiger partial charge in [-0.1, -0.05) is 12.1 Å². The highest BCUT2D eigenvalue weighted by molar-refractivity contribution is 9.10. The summed E-state index contributed by atoms with van der Waals surface area (Å²) in [5, 5.41) is 0. The van der Waals surface area contributed by atoms with Gasteiger partial charge in [-0.15, -0.1) is 0 Å². The maximum atomic E-state index is 11.5. The number of carbonyl (C=O) groups excluding carboxylic acids is 1. The second-order valence-corrected chi connectivity index (χ2v) is 3.97. The largest absolute Gasteiger partial charge is 0.496 e. The normalized spacial score (nSPS) is 12.0. The van der Waals surface area contributed by atoms with Gasteiger partial charge in [0.05, 0.1) is 24.6 Å². The van der Waals surface area contributed by atoms with E-state index in [-0.39, 0.29) is 12.5 Å². The van der Waals surface area contributed by atoms with Crippen LogP contribution in [0.2, 0.25) is 0 Å². The molecule has 2 N–H and O–H groups in total. The summed E-state index contributed by atoms with van der Waals surface area (Å²) >= 11 is 3.39. The summed E-state index contributed by atoms with van der Waals surface area (Å²) < 4.78 is 10.6. The first-order chi connectivity index (χ1) is 7.65. The van der Waals surface area contributed by atoms with Gasteiger partial charge in [-0.3, -0.25) is 4.79 Å². The third-order valence-corrected chi connectivity index (χ3v) is 3.16. The Morgan fingerprint density at radius 3 is 2.69 bits per heavy atom. The van der Waals surface area contributed by atoms with E-state index < -0.39 is 5.92 Å². The van der Waals surface area contributed by atoms with Crippen LogP contribution in [0.1, 0.15) is 11.5 Å². The van der Waals surface area contributed by atoms with Crippen molar-refractivity contribution in [1.82, 2.24) is 0 Å². The zero-order chi connectivity index (χ0) is 12.1. The van der Waals surface area contributed by atoms with Crippen molar-refractivity contribution in [2.75, 3.05) is 20.8 Å². The second kappa shape index (κ2) is 5.86. The van der Waals surface area contributed by atoms with E-state index in [9.17, 15) is 4.79 Å². The topological polar surface area (TPSA) is 61.5 Å². The summed E-state index contributed by atoms with van der Waals surface area (Å²) in [4.78, 5) is 11.5. The highest BCUT2D eigenvalue weighted by atomic mass is 79.9. The van der Waals surface area contributed by atoms with Crippen LogP contribution in [0.15, 0.2) is 22.7 Å². The molecule has 1 unspecified atom stereocenters. The zero-order valence-corrected chi connectivity index (χ0v) is 10.8. The molecule has 4 nitrogen and oxygen atoms in total. The predicted molar refractivity (Wildman–Crippen MR) is 64.5 cm³/mol. The van der Waals surface area contributed by atoms with Crippen LogP contribution in [0.3, 0.4) is 0 Å². The molecule has 1 rings (SSSR count). The summed E-state index contributed by atoms with van der Waals surface area (Å²) in [5.41, 5.74) is 6.35. The minimum Gasteiger partial charge on any atom is -0.496 e. The lowest BCUT2D eigenvalue weighted by molar-refractivity contribution is -0.142. The number of rotatable bonds is 4. The van der Waals surface area contributed by atoms with Crippen LogP contribution < -0.4 is 10.5 Å². The number of hydrogen-bond acceptors (Lipinski definition) is 4. The fourth-order valence-electron chi connectivity index (χ4n) is 1.45. The van der Waals surface area contributed by atoms with Crippen molar-refractivity contribution in [2.45, 2.75) is 5.92 Å². The average molecular weight is 288 g/mol. The fraction of sp³-hybridized carbons (Fsp3) is 0.364. The predicted octanol–water partition coefficient (Wildman–Crippen LogP) is 1.67. The van der Waals surface area contributed by atoms with Crippen molar-refractivity contribution in [3.05, 3.63) is 28.2 Å². The minimum absolute atomic E-state index is 0.193. The van der Waals surface area contributed by atoms with Crippen molar-refractivity contribution in [1.29, 1.82) is 0 Å². The van der Waals surface area contributed by atoms with E-state index >= 15 is 0 Å². The van der Waals surface area contributed by atoms with E-state index in [1.807, 2.05) is 12.1 Å². The van der Waals surface area contributed by atoms with E-state index in [1.165, 1.54) is 7.11 Å². The van der Waals surface area contributed by atoms with Crippen LogP contribution in [0.4, 0.5) is 0 Å². The molecular formula is C11H14BrNO3. The number of esters is 1. The Morgan fingerprint density at radius 2 is 2.19 bits per heavy atom. The Balaban J connectivity index is 3.15.